The minimum absolute atomic E-state index is 0.00131. The molecule has 1 aliphatic heterocycles. The number of fused-ring (bicyclic) bond motifs is 1. The van der Waals surface area contributed by atoms with Gasteiger partial charge in [-0.15, -0.1) is 0 Å². The Hall–Kier alpha value is -2.60. The summed E-state index contributed by atoms with van der Waals surface area (Å²) in [4.78, 5) is 20.4. The predicted molar refractivity (Wildman–Crippen MR) is 114 cm³/mol. The lowest BCUT2D eigenvalue weighted by Gasteiger charge is -2.33. The number of pyridine rings is 1. The number of nitrogens with zero attached hydrogens (tertiary/aromatic N) is 4. The number of benzene rings is 1. The van der Waals surface area contributed by atoms with Gasteiger partial charge in [0.15, 0.2) is 5.65 Å². The Morgan fingerprint density at radius 1 is 1.21 bits per heavy atom. The largest absolute Gasteiger partial charge is 0.368 e. The third-order valence-corrected chi connectivity index (χ3v) is 5.77. The van der Waals surface area contributed by atoms with Crippen molar-refractivity contribution in [3.63, 3.8) is 0 Å². The monoisotopic (exact) mass is 379 g/mol. The van der Waals surface area contributed by atoms with E-state index in [4.69, 9.17) is 10.7 Å². The second-order valence-electron chi connectivity index (χ2n) is 7.84. The minimum atomic E-state index is 0.00131. The molecule has 1 aliphatic rings. The van der Waals surface area contributed by atoms with Crippen molar-refractivity contribution in [2.75, 3.05) is 18.0 Å². The van der Waals surface area contributed by atoms with Crippen molar-refractivity contribution < 1.29 is 0 Å². The predicted octanol–water partition coefficient (Wildman–Crippen LogP) is 2.81. The Morgan fingerprint density at radius 3 is 2.71 bits per heavy atom. The Kier molecular flexibility index (Phi) is 4.98. The number of hydrogen-bond acceptors (Lipinski definition) is 4. The normalized spacial score (nSPS) is 17.4. The number of anilines is 1. The molecule has 6 nitrogen and oxygen atoms in total. The number of rotatable bonds is 4. The summed E-state index contributed by atoms with van der Waals surface area (Å²) in [6.45, 7) is 9.01. The van der Waals surface area contributed by atoms with Gasteiger partial charge in [-0.1, -0.05) is 24.3 Å². The summed E-state index contributed by atoms with van der Waals surface area (Å²) in [6, 6.07) is 10.5. The van der Waals surface area contributed by atoms with Gasteiger partial charge >= 0.3 is 5.69 Å². The molecule has 0 radical (unpaired) electrons. The van der Waals surface area contributed by atoms with Crippen molar-refractivity contribution in [2.24, 2.45) is 5.73 Å². The summed E-state index contributed by atoms with van der Waals surface area (Å²) in [6.07, 6.45) is 2.12. The highest BCUT2D eigenvalue weighted by Crippen LogP contribution is 2.29. The van der Waals surface area contributed by atoms with E-state index in [1.807, 2.05) is 30.5 Å². The van der Waals surface area contributed by atoms with Crippen molar-refractivity contribution in [3.8, 4) is 0 Å². The molecule has 1 atom stereocenters. The molecular weight excluding hydrogens is 350 g/mol. The Bertz CT molecular complexity index is 1060. The highest BCUT2D eigenvalue weighted by molar-refractivity contribution is 5.87. The third kappa shape index (κ3) is 3.22. The van der Waals surface area contributed by atoms with E-state index in [1.54, 1.807) is 4.57 Å². The molecule has 0 amide bonds. The highest BCUT2D eigenvalue weighted by atomic mass is 16.1. The summed E-state index contributed by atoms with van der Waals surface area (Å²) in [5.74, 6) is 0. The molecule has 3 aromatic rings. The van der Waals surface area contributed by atoms with E-state index in [0.717, 1.165) is 54.0 Å². The molecule has 0 bridgehead atoms. The quantitative estimate of drug-likeness (QED) is 0.757. The topological polar surface area (TPSA) is 69.1 Å². The number of aryl methyl sites for hydroxylation is 3. The molecule has 1 fully saturated rings. The van der Waals surface area contributed by atoms with Gasteiger partial charge in [-0.05, 0) is 50.8 Å². The van der Waals surface area contributed by atoms with Crippen LogP contribution in [0.1, 0.15) is 36.6 Å². The standard InChI is InChI=1S/C22H29N5O/c1-4-26-21-20(27(22(26)28)13-17-9-6-5-8-15(17)2)19(12-16(3)24-21)25-11-7-10-18(23)14-25/h5-6,8-9,12,18H,4,7,10-11,13-14,23H2,1-3H3/t18-/m1/s1. The summed E-state index contributed by atoms with van der Waals surface area (Å²) < 4.78 is 3.68. The van der Waals surface area contributed by atoms with Crippen LogP contribution in [0.25, 0.3) is 11.2 Å². The van der Waals surface area contributed by atoms with E-state index < -0.39 is 0 Å². The van der Waals surface area contributed by atoms with Crippen LogP contribution in [0.3, 0.4) is 0 Å². The Morgan fingerprint density at radius 2 is 2.00 bits per heavy atom. The van der Waals surface area contributed by atoms with Gasteiger partial charge in [0.1, 0.15) is 5.52 Å². The van der Waals surface area contributed by atoms with E-state index in [9.17, 15) is 4.79 Å². The summed E-state index contributed by atoms with van der Waals surface area (Å²) in [7, 11) is 0. The molecule has 4 rings (SSSR count). The first-order chi connectivity index (χ1) is 13.5. The molecule has 1 saturated heterocycles. The van der Waals surface area contributed by atoms with Gasteiger partial charge in [0.2, 0.25) is 0 Å². The molecule has 6 heteroatoms. The van der Waals surface area contributed by atoms with Gasteiger partial charge in [0.05, 0.1) is 12.2 Å². The zero-order chi connectivity index (χ0) is 19.8. The van der Waals surface area contributed by atoms with E-state index in [0.29, 0.717) is 13.1 Å². The number of imidazole rings is 1. The van der Waals surface area contributed by atoms with E-state index >= 15 is 0 Å². The lowest BCUT2D eigenvalue weighted by Crippen LogP contribution is -2.43. The van der Waals surface area contributed by atoms with Crippen LogP contribution >= 0.6 is 0 Å². The number of aromatic nitrogens is 3. The maximum absolute atomic E-state index is 13.3. The van der Waals surface area contributed by atoms with Crippen molar-refractivity contribution in [2.45, 2.75) is 52.7 Å². The maximum Gasteiger partial charge on any atom is 0.330 e. The first-order valence-corrected chi connectivity index (χ1v) is 10.1. The molecule has 148 valence electrons. The minimum Gasteiger partial charge on any atom is -0.368 e. The van der Waals surface area contributed by atoms with Gasteiger partial charge in [0.25, 0.3) is 0 Å². The van der Waals surface area contributed by atoms with Gasteiger partial charge in [-0.25, -0.2) is 9.78 Å². The smallest absolute Gasteiger partial charge is 0.330 e. The summed E-state index contributed by atoms with van der Waals surface area (Å²) >= 11 is 0. The Balaban J connectivity index is 1.94. The summed E-state index contributed by atoms with van der Waals surface area (Å²) in [5.41, 5.74) is 12.3. The molecule has 0 unspecified atom stereocenters. The lowest BCUT2D eigenvalue weighted by molar-refractivity contribution is 0.506. The molecule has 0 spiro atoms. The van der Waals surface area contributed by atoms with Gasteiger partial charge in [-0.2, -0.15) is 0 Å². The second-order valence-corrected chi connectivity index (χ2v) is 7.84. The van der Waals surface area contributed by atoms with Gasteiger partial charge < -0.3 is 10.6 Å². The lowest BCUT2D eigenvalue weighted by atomic mass is 10.1. The molecule has 3 heterocycles. The number of nitrogens with two attached hydrogens (primary N) is 1. The number of piperidine rings is 1. The van der Waals surface area contributed by atoms with Crippen LogP contribution in [0.15, 0.2) is 35.1 Å². The summed E-state index contributed by atoms with van der Waals surface area (Å²) in [5, 5.41) is 0. The second kappa shape index (κ2) is 7.43. The zero-order valence-corrected chi connectivity index (χ0v) is 17.0. The SMILES string of the molecule is CCn1c(=O)n(Cc2ccccc2C)c2c(N3CCC[C@@H](N)C3)cc(C)nc21. The fraction of sp³-hybridized carbons (Fsp3) is 0.455. The molecule has 0 saturated carbocycles. The van der Waals surface area contributed by atoms with E-state index in [-0.39, 0.29) is 11.7 Å². The molecular formula is C22H29N5O. The van der Waals surface area contributed by atoms with Crippen molar-refractivity contribution in [1.82, 2.24) is 14.1 Å². The van der Waals surface area contributed by atoms with Gasteiger partial charge in [0, 0.05) is 31.4 Å². The van der Waals surface area contributed by atoms with Crippen LogP contribution in [0.5, 0.6) is 0 Å². The fourth-order valence-corrected chi connectivity index (χ4v) is 4.27. The third-order valence-electron chi connectivity index (χ3n) is 5.77. The molecule has 1 aromatic carbocycles. The van der Waals surface area contributed by atoms with Crippen LogP contribution < -0.4 is 16.3 Å². The van der Waals surface area contributed by atoms with Crippen molar-refractivity contribution in [3.05, 3.63) is 57.6 Å². The molecule has 0 aliphatic carbocycles. The van der Waals surface area contributed by atoms with Crippen LogP contribution in [-0.2, 0) is 13.1 Å². The molecule has 2 aromatic heterocycles. The van der Waals surface area contributed by atoms with E-state index in [2.05, 4.69) is 30.0 Å². The van der Waals surface area contributed by atoms with Crippen LogP contribution in [-0.4, -0.2) is 33.2 Å². The molecule has 2 N–H and O–H groups in total. The first kappa shape index (κ1) is 18.7. The van der Waals surface area contributed by atoms with Crippen LogP contribution in [0.4, 0.5) is 5.69 Å². The van der Waals surface area contributed by atoms with Crippen molar-refractivity contribution in [1.29, 1.82) is 0 Å². The average Bonchev–Trinajstić information content (AvgIpc) is 2.93. The number of hydrogen-bond donors (Lipinski definition) is 1. The van der Waals surface area contributed by atoms with Gasteiger partial charge in [-0.3, -0.25) is 9.13 Å². The highest BCUT2D eigenvalue weighted by Gasteiger charge is 2.24. The zero-order valence-electron chi connectivity index (χ0n) is 17.0. The Labute approximate surface area is 165 Å². The maximum atomic E-state index is 13.3. The van der Waals surface area contributed by atoms with Crippen LogP contribution in [0.2, 0.25) is 0 Å². The first-order valence-electron chi connectivity index (χ1n) is 10.1. The van der Waals surface area contributed by atoms with Crippen LogP contribution in [0, 0.1) is 13.8 Å². The van der Waals surface area contributed by atoms with E-state index in [1.165, 1.54) is 5.56 Å². The molecule has 28 heavy (non-hydrogen) atoms. The van der Waals surface area contributed by atoms with Crippen molar-refractivity contribution >= 4 is 16.9 Å². The average molecular weight is 380 g/mol. The fourth-order valence-electron chi connectivity index (χ4n) is 4.27.